The normalized spacial score (nSPS) is 23.0. The Morgan fingerprint density at radius 2 is 2.28 bits per heavy atom. The predicted octanol–water partition coefficient (Wildman–Crippen LogP) is 1.69. The number of benzene rings is 1. The fourth-order valence-electron chi connectivity index (χ4n) is 2.21. The van der Waals surface area contributed by atoms with E-state index in [1.54, 1.807) is 0 Å². The quantitative estimate of drug-likeness (QED) is 0.894. The van der Waals surface area contributed by atoms with Crippen LogP contribution in [0.2, 0.25) is 0 Å². The van der Waals surface area contributed by atoms with Gasteiger partial charge >= 0.3 is 0 Å². The van der Waals surface area contributed by atoms with Gasteiger partial charge in [0.25, 0.3) is 0 Å². The summed E-state index contributed by atoms with van der Waals surface area (Å²) in [7, 11) is 0. The van der Waals surface area contributed by atoms with E-state index in [1.807, 2.05) is 0 Å². The second kappa shape index (κ2) is 5.73. The van der Waals surface area contributed by atoms with Crippen LogP contribution >= 0.6 is 0 Å². The van der Waals surface area contributed by atoms with Crippen LogP contribution in [0.5, 0.6) is 0 Å². The van der Waals surface area contributed by atoms with Gasteiger partial charge in [-0.05, 0) is 12.6 Å². The van der Waals surface area contributed by atoms with Crippen LogP contribution in [0.1, 0.15) is 18.5 Å². The number of nitrogens with two attached hydrogens (primary N) is 1. The van der Waals surface area contributed by atoms with Crippen molar-refractivity contribution >= 4 is 0 Å². The topological polar surface area (TPSA) is 38.5 Å². The van der Waals surface area contributed by atoms with Crippen LogP contribution in [0.15, 0.2) is 18.2 Å². The van der Waals surface area contributed by atoms with Gasteiger partial charge < -0.3 is 10.5 Å². The minimum absolute atomic E-state index is 0.179. The highest BCUT2D eigenvalue weighted by molar-refractivity contribution is 5.23. The van der Waals surface area contributed by atoms with Crippen molar-refractivity contribution in [1.29, 1.82) is 0 Å². The van der Waals surface area contributed by atoms with Crippen molar-refractivity contribution < 1.29 is 13.5 Å². The molecule has 3 nitrogen and oxygen atoms in total. The maximum absolute atomic E-state index is 13.7. The zero-order valence-electron chi connectivity index (χ0n) is 10.4. The smallest absolute Gasteiger partial charge is 0.163 e. The molecule has 2 atom stereocenters. The summed E-state index contributed by atoms with van der Waals surface area (Å²) in [5.41, 5.74) is 6.18. The molecule has 1 aromatic rings. The van der Waals surface area contributed by atoms with E-state index in [1.165, 1.54) is 12.1 Å². The third kappa shape index (κ3) is 2.68. The van der Waals surface area contributed by atoms with E-state index in [-0.39, 0.29) is 11.7 Å². The van der Waals surface area contributed by atoms with Gasteiger partial charge in [0.1, 0.15) is 0 Å². The zero-order valence-corrected chi connectivity index (χ0v) is 10.4. The van der Waals surface area contributed by atoms with Crippen molar-refractivity contribution in [2.45, 2.75) is 19.1 Å². The minimum atomic E-state index is -0.873. The van der Waals surface area contributed by atoms with Crippen molar-refractivity contribution in [3.05, 3.63) is 35.4 Å². The number of hydrogen-bond acceptors (Lipinski definition) is 3. The highest BCUT2D eigenvalue weighted by Gasteiger charge is 2.28. The molecule has 1 aliphatic heterocycles. The molecular formula is C13H18F2N2O. The first-order valence-corrected chi connectivity index (χ1v) is 6.17. The molecule has 1 fully saturated rings. The Morgan fingerprint density at radius 3 is 3.00 bits per heavy atom. The van der Waals surface area contributed by atoms with E-state index in [9.17, 15) is 8.78 Å². The highest BCUT2D eigenvalue weighted by atomic mass is 19.2. The molecule has 2 unspecified atom stereocenters. The van der Waals surface area contributed by atoms with Gasteiger partial charge in [-0.25, -0.2) is 8.78 Å². The summed E-state index contributed by atoms with van der Waals surface area (Å²) in [4.78, 5) is 2.19. The predicted molar refractivity (Wildman–Crippen MR) is 65.1 cm³/mol. The van der Waals surface area contributed by atoms with Crippen molar-refractivity contribution in [3.8, 4) is 0 Å². The molecule has 100 valence electrons. The molecule has 0 amide bonds. The molecule has 18 heavy (non-hydrogen) atoms. The first-order valence-electron chi connectivity index (χ1n) is 6.17. The van der Waals surface area contributed by atoms with Crippen LogP contribution < -0.4 is 5.73 Å². The molecule has 5 heteroatoms. The van der Waals surface area contributed by atoms with E-state index in [0.29, 0.717) is 13.2 Å². The fourth-order valence-corrected chi connectivity index (χ4v) is 2.21. The van der Waals surface area contributed by atoms with Crippen LogP contribution in [0.4, 0.5) is 8.78 Å². The third-order valence-corrected chi connectivity index (χ3v) is 3.37. The molecule has 0 saturated carbocycles. The third-order valence-electron chi connectivity index (χ3n) is 3.37. The Morgan fingerprint density at radius 1 is 1.50 bits per heavy atom. The summed E-state index contributed by atoms with van der Waals surface area (Å²) in [5, 5.41) is 0. The number of morpholine rings is 1. The largest absolute Gasteiger partial charge is 0.374 e. The number of hydrogen-bond donors (Lipinski definition) is 1. The maximum Gasteiger partial charge on any atom is 0.163 e. The molecular weight excluding hydrogens is 238 g/mol. The Balaban J connectivity index is 2.15. The van der Waals surface area contributed by atoms with Crippen molar-refractivity contribution in [2.75, 3.05) is 26.2 Å². The minimum Gasteiger partial charge on any atom is -0.374 e. The number of rotatable bonds is 3. The van der Waals surface area contributed by atoms with Crippen molar-refractivity contribution in [1.82, 2.24) is 4.90 Å². The van der Waals surface area contributed by atoms with Gasteiger partial charge in [0.05, 0.1) is 18.8 Å². The molecule has 0 spiro atoms. The number of nitrogens with zero attached hydrogens (tertiary/aromatic N) is 1. The molecule has 1 aromatic carbocycles. The number of halogens is 2. The van der Waals surface area contributed by atoms with Crippen LogP contribution in [0.25, 0.3) is 0 Å². The van der Waals surface area contributed by atoms with E-state index in [4.69, 9.17) is 10.5 Å². The zero-order chi connectivity index (χ0) is 13.1. The number of ether oxygens (including phenoxy) is 1. The van der Waals surface area contributed by atoms with E-state index < -0.39 is 17.7 Å². The standard InChI is InChI=1S/C13H18F2N2O/c1-2-17-6-7-18-11(8-17)13(16)9-4-3-5-10(14)12(9)15/h3-5,11,13H,2,6-8,16H2,1H3. The van der Waals surface area contributed by atoms with Gasteiger partial charge in [-0.15, -0.1) is 0 Å². The van der Waals surface area contributed by atoms with Crippen molar-refractivity contribution in [2.24, 2.45) is 5.73 Å². The van der Waals surface area contributed by atoms with Gasteiger partial charge in [0.2, 0.25) is 0 Å². The van der Waals surface area contributed by atoms with Crippen molar-refractivity contribution in [3.63, 3.8) is 0 Å². The van der Waals surface area contributed by atoms with Crippen LogP contribution in [-0.4, -0.2) is 37.2 Å². The Labute approximate surface area is 106 Å². The van der Waals surface area contributed by atoms with E-state index in [0.717, 1.165) is 19.2 Å². The van der Waals surface area contributed by atoms with Crippen LogP contribution in [0, 0.1) is 11.6 Å². The highest BCUT2D eigenvalue weighted by Crippen LogP contribution is 2.23. The lowest BCUT2D eigenvalue weighted by molar-refractivity contribution is -0.0398. The van der Waals surface area contributed by atoms with Gasteiger partial charge in [-0.3, -0.25) is 4.90 Å². The number of likely N-dealkylation sites (N-methyl/N-ethyl adjacent to an activating group) is 1. The van der Waals surface area contributed by atoms with E-state index >= 15 is 0 Å². The molecule has 1 aliphatic rings. The van der Waals surface area contributed by atoms with Gasteiger partial charge in [0.15, 0.2) is 11.6 Å². The molecule has 0 bridgehead atoms. The first-order chi connectivity index (χ1) is 8.63. The summed E-state index contributed by atoms with van der Waals surface area (Å²) in [6, 6.07) is 3.42. The molecule has 0 aromatic heterocycles. The monoisotopic (exact) mass is 256 g/mol. The summed E-state index contributed by atoms with van der Waals surface area (Å²) in [6.07, 6.45) is -0.296. The molecule has 2 N–H and O–H groups in total. The van der Waals surface area contributed by atoms with Gasteiger partial charge in [-0.2, -0.15) is 0 Å². The lowest BCUT2D eigenvalue weighted by atomic mass is 10.00. The van der Waals surface area contributed by atoms with Crippen LogP contribution in [-0.2, 0) is 4.74 Å². The summed E-state index contributed by atoms with van der Waals surface area (Å²) >= 11 is 0. The molecule has 1 saturated heterocycles. The molecule has 0 radical (unpaired) electrons. The summed E-state index contributed by atoms with van der Waals surface area (Å²) in [6.45, 7) is 5.02. The summed E-state index contributed by atoms with van der Waals surface area (Å²) in [5.74, 6) is -1.74. The molecule has 1 heterocycles. The van der Waals surface area contributed by atoms with Gasteiger partial charge in [0, 0.05) is 18.7 Å². The second-order valence-electron chi connectivity index (χ2n) is 4.47. The van der Waals surface area contributed by atoms with E-state index in [2.05, 4.69) is 11.8 Å². The second-order valence-corrected chi connectivity index (χ2v) is 4.47. The first kappa shape index (κ1) is 13.4. The lowest BCUT2D eigenvalue weighted by Crippen LogP contribution is -2.47. The SMILES string of the molecule is CCN1CCOC(C(N)c2cccc(F)c2F)C1. The average molecular weight is 256 g/mol. The Bertz CT molecular complexity index is 414. The Kier molecular flexibility index (Phi) is 4.27. The van der Waals surface area contributed by atoms with Gasteiger partial charge in [-0.1, -0.05) is 19.1 Å². The van der Waals surface area contributed by atoms with Crippen LogP contribution in [0.3, 0.4) is 0 Å². The average Bonchev–Trinajstić information content (AvgIpc) is 2.41. The molecule has 0 aliphatic carbocycles. The Hall–Kier alpha value is -1.04. The fraction of sp³-hybridized carbons (Fsp3) is 0.538. The lowest BCUT2D eigenvalue weighted by Gasteiger charge is -2.35. The molecule has 2 rings (SSSR count). The summed E-state index contributed by atoms with van der Waals surface area (Å²) < 4.78 is 32.4. The maximum atomic E-state index is 13.7.